The van der Waals surface area contributed by atoms with Crippen LogP contribution in [-0.2, 0) is 0 Å². The number of halogens is 2. The minimum atomic E-state index is -1.02. The Kier molecular flexibility index (Phi) is 4.12. The lowest BCUT2D eigenvalue weighted by Gasteiger charge is -2.04. The standard InChI is InChI=1S/C16H11F2N3OS/c1-9-14(23-16(20-9)13-4-2-3-7-19-13)15(22)21-10-5-6-11(17)12(18)8-10/h2-8H,1H3,(H,21,22). The van der Waals surface area contributed by atoms with Gasteiger partial charge in [0.2, 0.25) is 0 Å². The quantitative estimate of drug-likeness (QED) is 0.788. The minimum absolute atomic E-state index is 0.182. The zero-order valence-electron chi connectivity index (χ0n) is 12.0. The van der Waals surface area contributed by atoms with E-state index in [9.17, 15) is 13.6 Å². The van der Waals surface area contributed by atoms with Crippen molar-refractivity contribution in [3.63, 3.8) is 0 Å². The average Bonchev–Trinajstić information content (AvgIpc) is 2.94. The minimum Gasteiger partial charge on any atom is -0.321 e. The van der Waals surface area contributed by atoms with Crippen molar-refractivity contribution in [3.8, 4) is 10.7 Å². The summed E-state index contributed by atoms with van der Waals surface area (Å²) in [4.78, 5) is 21.2. The third-order valence-electron chi connectivity index (χ3n) is 3.06. The smallest absolute Gasteiger partial charge is 0.267 e. The largest absolute Gasteiger partial charge is 0.321 e. The van der Waals surface area contributed by atoms with E-state index < -0.39 is 17.5 Å². The highest BCUT2D eigenvalue weighted by molar-refractivity contribution is 7.17. The number of aryl methyl sites for hydroxylation is 1. The van der Waals surface area contributed by atoms with Gasteiger partial charge in [-0.15, -0.1) is 11.3 Å². The Labute approximate surface area is 134 Å². The molecule has 0 unspecified atom stereocenters. The lowest BCUT2D eigenvalue weighted by molar-refractivity contribution is 0.103. The molecule has 0 saturated heterocycles. The summed E-state index contributed by atoms with van der Waals surface area (Å²) < 4.78 is 26.1. The number of rotatable bonds is 3. The molecule has 1 N–H and O–H groups in total. The topological polar surface area (TPSA) is 54.9 Å². The Hall–Kier alpha value is -2.67. The van der Waals surface area contributed by atoms with Crippen LogP contribution in [-0.4, -0.2) is 15.9 Å². The normalized spacial score (nSPS) is 10.6. The number of pyridine rings is 1. The maximum Gasteiger partial charge on any atom is 0.267 e. The number of thiazole rings is 1. The molecule has 0 aliphatic heterocycles. The highest BCUT2D eigenvalue weighted by Crippen LogP contribution is 2.27. The Balaban J connectivity index is 1.85. The van der Waals surface area contributed by atoms with Crippen LogP contribution in [0.1, 0.15) is 15.4 Å². The van der Waals surface area contributed by atoms with Crippen molar-refractivity contribution in [1.82, 2.24) is 9.97 Å². The molecule has 23 heavy (non-hydrogen) atoms. The van der Waals surface area contributed by atoms with Gasteiger partial charge in [0.05, 0.1) is 11.4 Å². The van der Waals surface area contributed by atoms with Crippen molar-refractivity contribution in [2.75, 3.05) is 5.32 Å². The van der Waals surface area contributed by atoms with Gasteiger partial charge in [-0.3, -0.25) is 9.78 Å². The summed E-state index contributed by atoms with van der Waals surface area (Å²) in [5.41, 5.74) is 1.41. The zero-order chi connectivity index (χ0) is 16.4. The molecule has 1 aromatic carbocycles. The molecule has 0 aliphatic rings. The summed E-state index contributed by atoms with van der Waals surface area (Å²) in [6.45, 7) is 1.71. The number of carbonyl (C=O) groups excluding carboxylic acids is 1. The molecule has 3 aromatic rings. The summed E-state index contributed by atoms with van der Waals surface area (Å²) in [7, 11) is 0. The molecule has 2 aromatic heterocycles. The van der Waals surface area contributed by atoms with Gasteiger partial charge in [-0.25, -0.2) is 13.8 Å². The molecular weight excluding hydrogens is 320 g/mol. The fourth-order valence-corrected chi connectivity index (χ4v) is 2.91. The molecule has 4 nitrogen and oxygen atoms in total. The lowest BCUT2D eigenvalue weighted by atomic mass is 10.3. The fourth-order valence-electron chi connectivity index (χ4n) is 1.97. The number of benzene rings is 1. The molecule has 0 spiro atoms. The molecular formula is C16H11F2N3OS. The van der Waals surface area contributed by atoms with Gasteiger partial charge in [0.15, 0.2) is 11.6 Å². The number of amides is 1. The van der Waals surface area contributed by atoms with Crippen LogP contribution in [0.15, 0.2) is 42.6 Å². The SMILES string of the molecule is Cc1nc(-c2ccccn2)sc1C(=O)Nc1ccc(F)c(F)c1. The second kappa shape index (κ2) is 6.21. The van der Waals surface area contributed by atoms with Crippen molar-refractivity contribution in [1.29, 1.82) is 0 Å². The van der Waals surface area contributed by atoms with E-state index in [0.717, 1.165) is 12.1 Å². The maximum atomic E-state index is 13.2. The Bertz CT molecular complexity index is 865. The molecule has 3 rings (SSSR count). The number of nitrogens with one attached hydrogen (secondary N) is 1. The molecule has 0 bridgehead atoms. The number of carbonyl (C=O) groups is 1. The van der Waals surface area contributed by atoms with Gasteiger partial charge in [-0.2, -0.15) is 0 Å². The predicted octanol–water partition coefficient (Wildman–Crippen LogP) is 4.04. The van der Waals surface area contributed by atoms with E-state index >= 15 is 0 Å². The molecule has 1 amide bonds. The monoisotopic (exact) mass is 331 g/mol. The van der Waals surface area contributed by atoms with Crippen LogP contribution < -0.4 is 5.32 Å². The van der Waals surface area contributed by atoms with E-state index in [1.54, 1.807) is 25.3 Å². The van der Waals surface area contributed by atoms with Crippen LogP contribution in [0.5, 0.6) is 0 Å². The van der Waals surface area contributed by atoms with Crippen LogP contribution >= 0.6 is 11.3 Å². The van der Waals surface area contributed by atoms with Crippen LogP contribution in [0.4, 0.5) is 14.5 Å². The van der Waals surface area contributed by atoms with Crippen LogP contribution in [0, 0.1) is 18.6 Å². The first kappa shape index (κ1) is 15.2. The van der Waals surface area contributed by atoms with Gasteiger partial charge in [0, 0.05) is 18.0 Å². The maximum absolute atomic E-state index is 13.2. The molecule has 116 valence electrons. The third-order valence-corrected chi connectivity index (χ3v) is 4.24. The first-order valence-electron chi connectivity index (χ1n) is 6.70. The van der Waals surface area contributed by atoms with E-state index in [-0.39, 0.29) is 5.69 Å². The number of hydrogen-bond acceptors (Lipinski definition) is 4. The number of aromatic nitrogens is 2. The molecule has 0 radical (unpaired) electrons. The van der Waals surface area contributed by atoms with Crippen molar-refractivity contribution in [3.05, 3.63) is 64.8 Å². The first-order valence-corrected chi connectivity index (χ1v) is 7.51. The van der Waals surface area contributed by atoms with E-state index in [0.29, 0.717) is 21.3 Å². The van der Waals surface area contributed by atoms with Gasteiger partial charge in [-0.05, 0) is 31.2 Å². The zero-order valence-corrected chi connectivity index (χ0v) is 12.8. The lowest BCUT2D eigenvalue weighted by Crippen LogP contribution is -2.11. The van der Waals surface area contributed by atoms with E-state index in [4.69, 9.17) is 0 Å². The van der Waals surface area contributed by atoms with Crippen molar-refractivity contribution >= 4 is 22.9 Å². The Morgan fingerprint density at radius 3 is 2.70 bits per heavy atom. The highest BCUT2D eigenvalue weighted by Gasteiger charge is 2.17. The summed E-state index contributed by atoms with van der Waals surface area (Å²) in [5, 5.41) is 3.16. The number of hydrogen-bond donors (Lipinski definition) is 1. The summed E-state index contributed by atoms with van der Waals surface area (Å²) in [6, 6.07) is 8.62. The first-order chi connectivity index (χ1) is 11.0. The second-order valence-corrected chi connectivity index (χ2v) is 5.73. The highest BCUT2D eigenvalue weighted by atomic mass is 32.1. The number of anilines is 1. The van der Waals surface area contributed by atoms with Crippen LogP contribution in [0.25, 0.3) is 10.7 Å². The third kappa shape index (κ3) is 3.24. The predicted molar refractivity (Wildman–Crippen MR) is 84.4 cm³/mol. The molecule has 0 aliphatic carbocycles. The van der Waals surface area contributed by atoms with Gasteiger partial charge in [0.1, 0.15) is 9.88 Å². The van der Waals surface area contributed by atoms with Crippen molar-refractivity contribution < 1.29 is 13.6 Å². The van der Waals surface area contributed by atoms with Gasteiger partial charge >= 0.3 is 0 Å². The van der Waals surface area contributed by atoms with E-state index in [1.807, 2.05) is 6.07 Å². The van der Waals surface area contributed by atoms with E-state index in [2.05, 4.69) is 15.3 Å². The molecule has 0 saturated carbocycles. The number of nitrogens with zero attached hydrogens (tertiary/aromatic N) is 2. The molecule has 2 heterocycles. The fraction of sp³-hybridized carbons (Fsp3) is 0.0625. The summed E-state index contributed by atoms with van der Waals surface area (Å²) >= 11 is 1.19. The van der Waals surface area contributed by atoms with Crippen molar-refractivity contribution in [2.24, 2.45) is 0 Å². The van der Waals surface area contributed by atoms with Gasteiger partial charge in [0.25, 0.3) is 5.91 Å². The van der Waals surface area contributed by atoms with Gasteiger partial charge in [-0.1, -0.05) is 6.07 Å². The Morgan fingerprint density at radius 1 is 1.17 bits per heavy atom. The van der Waals surface area contributed by atoms with E-state index in [1.165, 1.54) is 17.4 Å². The van der Waals surface area contributed by atoms with Crippen LogP contribution in [0.2, 0.25) is 0 Å². The van der Waals surface area contributed by atoms with Gasteiger partial charge < -0.3 is 5.32 Å². The second-order valence-electron chi connectivity index (χ2n) is 4.73. The average molecular weight is 331 g/mol. The molecule has 7 heteroatoms. The summed E-state index contributed by atoms with van der Waals surface area (Å²) in [5.74, 6) is -2.40. The van der Waals surface area contributed by atoms with Crippen molar-refractivity contribution in [2.45, 2.75) is 6.92 Å². The molecule has 0 fully saturated rings. The molecule has 0 atom stereocenters. The Morgan fingerprint density at radius 2 is 2.00 bits per heavy atom. The van der Waals surface area contributed by atoms with Crippen LogP contribution in [0.3, 0.4) is 0 Å². The summed E-state index contributed by atoms with van der Waals surface area (Å²) in [6.07, 6.45) is 1.65.